The first-order valence-electron chi connectivity index (χ1n) is 5.09. The number of thiophene rings is 1. The number of fused-ring (bicyclic) bond motifs is 1. The average Bonchev–Trinajstić information content (AvgIpc) is 2.83. The van der Waals surface area contributed by atoms with E-state index < -0.39 is 0 Å². The molecule has 0 atom stereocenters. The summed E-state index contributed by atoms with van der Waals surface area (Å²) < 4.78 is 7.61. The molecule has 1 aliphatic rings. The highest BCUT2D eigenvalue weighted by Crippen LogP contribution is 2.34. The molecule has 3 rings (SSSR count). The van der Waals surface area contributed by atoms with Crippen molar-refractivity contribution in [3.8, 4) is 17.0 Å². The van der Waals surface area contributed by atoms with E-state index in [4.69, 9.17) is 4.74 Å². The Kier molecular flexibility index (Phi) is 2.02. The monoisotopic (exact) mass is 220 g/mol. The fourth-order valence-electron chi connectivity index (χ4n) is 1.85. The summed E-state index contributed by atoms with van der Waals surface area (Å²) in [4.78, 5) is 1.32. The van der Waals surface area contributed by atoms with Crippen molar-refractivity contribution >= 4 is 11.3 Å². The van der Waals surface area contributed by atoms with Crippen LogP contribution in [0.2, 0.25) is 0 Å². The number of aryl methyl sites for hydroxylation is 2. The first-order valence-corrected chi connectivity index (χ1v) is 5.97. The van der Waals surface area contributed by atoms with E-state index >= 15 is 0 Å². The first-order chi connectivity index (χ1) is 7.34. The van der Waals surface area contributed by atoms with E-state index in [1.165, 1.54) is 10.4 Å². The van der Waals surface area contributed by atoms with Gasteiger partial charge in [0.1, 0.15) is 0 Å². The van der Waals surface area contributed by atoms with Gasteiger partial charge in [0, 0.05) is 17.8 Å². The first kappa shape index (κ1) is 8.97. The molecule has 1 aliphatic heterocycles. The second-order valence-corrected chi connectivity index (χ2v) is 4.85. The smallest absolute Gasteiger partial charge is 0.219 e. The molecule has 3 heterocycles. The molecule has 0 aliphatic carbocycles. The normalized spacial score (nSPS) is 14.7. The average molecular weight is 220 g/mol. The van der Waals surface area contributed by atoms with Crippen LogP contribution in [-0.2, 0) is 6.54 Å². The van der Waals surface area contributed by atoms with E-state index in [2.05, 4.69) is 23.5 Å². The van der Waals surface area contributed by atoms with Gasteiger partial charge in [0.2, 0.25) is 5.88 Å². The maximum atomic E-state index is 5.66. The zero-order valence-electron chi connectivity index (χ0n) is 8.56. The predicted octanol–water partition coefficient (Wildman–Crippen LogP) is 2.70. The van der Waals surface area contributed by atoms with Crippen molar-refractivity contribution in [2.24, 2.45) is 0 Å². The molecular weight excluding hydrogens is 208 g/mol. The van der Waals surface area contributed by atoms with Gasteiger partial charge in [0.05, 0.1) is 18.4 Å². The quantitative estimate of drug-likeness (QED) is 0.739. The Bertz CT molecular complexity index is 486. The summed E-state index contributed by atoms with van der Waals surface area (Å²) in [5.74, 6) is 0.930. The molecule has 15 heavy (non-hydrogen) atoms. The van der Waals surface area contributed by atoms with Gasteiger partial charge in [-0.2, -0.15) is 5.10 Å². The Hall–Kier alpha value is -1.29. The minimum absolute atomic E-state index is 0.807. The SMILES string of the molecule is Cc1cc(-c2cnn3c2OCCC3)cs1. The van der Waals surface area contributed by atoms with Gasteiger partial charge >= 0.3 is 0 Å². The lowest BCUT2D eigenvalue weighted by Gasteiger charge is -2.15. The number of hydrogen-bond donors (Lipinski definition) is 0. The molecule has 2 aromatic heterocycles. The zero-order valence-corrected chi connectivity index (χ0v) is 9.38. The maximum Gasteiger partial charge on any atom is 0.219 e. The molecule has 0 saturated carbocycles. The van der Waals surface area contributed by atoms with Crippen molar-refractivity contribution in [2.45, 2.75) is 19.9 Å². The molecular formula is C11H12N2OS. The van der Waals surface area contributed by atoms with Crippen LogP contribution in [0.3, 0.4) is 0 Å². The number of aromatic nitrogens is 2. The topological polar surface area (TPSA) is 27.1 Å². The molecule has 4 heteroatoms. The van der Waals surface area contributed by atoms with Crippen LogP contribution in [0, 0.1) is 6.92 Å². The van der Waals surface area contributed by atoms with Crippen molar-refractivity contribution in [1.82, 2.24) is 9.78 Å². The maximum absolute atomic E-state index is 5.66. The Morgan fingerprint density at radius 1 is 1.53 bits per heavy atom. The molecule has 0 spiro atoms. The summed E-state index contributed by atoms with van der Waals surface area (Å²) in [6.07, 6.45) is 2.96. The minimum atomic E-state index is 0.807. The highest BCUT2D eigenvalue weighted by molar-refractivity contribution is 7.10. The minimum Gasteiger partial charge on any atom is -0.477 e. The van der Waals surface area contributed by atoms with Crippen LogP contribution in [0.15, 0.2) is 17.6 Å². The second-order valence-electron chi connectivity index (χ2n) is 3.73. The molecule has 0 saturated heterocycles. The van der Waals surface area contributed by atoms with Gasteiger partial charge in [0.25, 0.3) is 0 Å². The van der Waals surface area contributed by atoms with Crippen molar-refractivity contribution in [3.63, 3.8) is 0 Å². The summed E-state index contributed by atoms with van der Waals surface area (Å²) in [7, 11) is 0. The van der Waals surface area contributed by atoms with Gasteiger partial charge in [-0.15, -0.1) is 11.3 Å². The van der Waals surface area contributed by atoms with E-state index in [-0.39, 0.29) is 0 Å². The van der Waals surface area contributed by atoms with E-state index in [1.54, 1.807) is 11.3 Å². The van der Waals surface area contributed by atoms with Crippen LogP contribution in [0.5, 0.6) is 5.88 Å². The van der Waals surface area contributed by atoms with Crippen molar-refractivity contribution in [1.29, 1.82) is 0 Å². The Morgan fingerprint density at radius 2 is 2.47 bits per heavy atom. The third-order valence-electron chi connectivity index (χ3n) is 2.59. The van der Waals surface area contributed by atoms with Gasteiger partial charge in [-0.05, 0) is 23.9 Å². The third-order valence-corrected chi connectivity index (χ3v) is 3.45. The van der Waals surface area contributed by atoms with Crippen molar-refractivity contribution in [2.75, 3.05) is 6.61 Å². The van der Waals surface area contributed by atoms with Gasteiger partial charge in [0.15, 0.2) is 0 Å². The summed E-state index contributed by atoms with van der Waals surface area (Å²) in [5, 5.41) is 6.50. The number of rotatable bonds is 1. The Balaban J connectivity index is 2.08. The largest absolute Gasteiger partial charge is 0.477 e. The molecule has 0 aromatic carbocycles. The van der Waals surface area contributed by atoms with Crippen LogP contribution in [-0.4, -0.2) is 16.4 Å². The van der Waals surface area contributed by atoms with Crippen LogP contribution in [0.1, 0.15) is 11.3 Å². The van der Waals surface area contributed by atoms with E-state index in [0.717, 1.165) is 31.0 Å². The highest BCUT2D eigenvalue weighted by atomic mass is 32.1. The van der Waals surface area contributed by atoms with Crippen LogP contribution >= 0.6 is 11.3 Å². The highest BCUT2D eigenvalue weighted by Gasteiger charge is 2.17. The summed E-state index contributed by atoms with van der Waals surface area (Å²) in [6, 6.07) is 2.18. The summed E-state index contributed by atoms with van der Waals surface area (Å²) >= 11 is 1.76. The number of ether oxygens (including phenoxy) is 1. The molecule has 0 fully saturated rings. The van der Waals surface area contributed by atoms with Gasteiger partial charge in [-0.1, -0.05) is 0 Å². The predicted molar refractivity (Wildman–Crippen MR) is 60.4 cm³/mol. The summed E-state index contributed by atoms with van der Waals surface area (Å²) in [5.41, 5.74) is 2.35. The van der Waals surface area contributed by atoms with Gasteiger partial charge < -0.3 is 4.74 Å². The van der Waals surface area contributed by atoms with Crippen molar-refractivity contribution in [3.05, 3.63) is 22.5 Å². The fourth-order valence-corrected chi connectivity index (χ4v) is 2.55. The van der Waals surface area contributed by atoms with Crippen LogP contribution in [0.25, 0.3) is 11.1 Å². The molecule has 0 N–H and O–H groups in total. The standard InChI is InChI=1S/C11H12N2OS/c1-8-5-9(7-15-8)10-6-12-13-3-2-4-14-11(10)13/h5-7H,2-4H2,1H3. The summed E-state index contributed by atoms with van der Waals surface area (Å²) in [6.45, 7) is 3.89. The van der Waals surface area contributed by atoms with Gasteiger partial charge in [-0.3, -0.25) is 0 Å². The number of nitrogens with zero attached hydrogens (tertiary/aromatic N) is 2. The zero-order chi connectivity index (χ0) is 10.3. The number of hydrogen-bond acceptors (Lipinski definition) is 3. The lowest BCUT2D eigenvalue weighted by atomic mass is 10.2. The second kappa shape index (κ2) is 3.38. The van der Waals surface area contributed by atoms with Crippen LogP contribution in [0.4, 0.5) is 0 Å². The molecule has 3 nitrogen and oxygen atoms in total. The Labute approximate surface area is 92.3 Å². The molecule has 78 valence electrons. The molecule has 0 radical (unpaired) electrons. The van der Waals surface area contributed by atoms with E-state index in [1.807, 2.05) is 10.9 Å². The third kappa shape index (κ3) is 1.45. The molecule has 0 bridgehead atoms. The molecule has 0 amide bonds. The van der Waals surface area contributed by atoms with E-state index in [9.17, 15) is 0 Å². The Morgan fingerprint density at radius 3 is 3.27 bits per heavy atom. The van der Waals surface area contributed by atoms with E-state index in [0.29, 0.717) is 0 Å². The lowest BCUT2D eigenvalue weighted by molar-refractivity contribution is 0.231. The lowest BCUT2D eigenvalue weighted by Crippen LogP contribution is -2.14. The van der Waals surface area contributed by atoms with Gasteiger partial charge in [-0.25, -0.2) is 4.68 Å². The van der Waals surface area contributed by atoms with Crippen molar-refractivity contribution < 1.29 is 4.74 Å². The molecule has 0 unspecified atom stereocenters. The fraction of sp³-hybridized carbons (Fsp3) is 0.364. The molecule has 2 aromatic rings. The van der Waals surface area contributed by atoms with Crippen LogP contribution < -0.4 is 4.74 Å².